The quantitative estimate of drug-likeness (QED) is 0.931. The van der Waals surface area contributed by atoms with Crippen molar-refractivity contribution in [3.63, 3.8) is 0 Å². The summed E-state index contributed by atoms with van der Waals surface area (Å²) >= 11 is 8.29. The first-order valence-corrected chi connectivity index (χ1v) is 8.60. The molecule has 4 nitrogen and oxygen atoms in total. The average Bonchev–Trinajstić information content (AvgIpc) is 2.75. The summed E-state index contributed by atoms with van der Waals surface area (Å²) < 4.78 is 28.6. The maximum Gasteiger partial charge on any atom is 0.247 e. The van der Waals surface area contributed by atoms with E-state index in [1.54, 1.807) is 12.1 Å². The average molecular weight is 336 g/mol. The van der Waals surface area contributed by atoms with Gasteiger partial charge in [0.25, 0.3) is 0 Å². The maximum absolute atomic E-state index is 11.3. The van der Waals surface area contributed by atoms with E-state index >= 15 is 0 Å². The molecular formula is C11H10ClNO3S3. The third kappa shape index (κ3) is 3.64. The van der Waals surface area contributed by atoms with Gasteiger partial charge in [-0.25, -0.2) is 13.6 Å². The molecule has 0 saturated heterocycles. The van der Waals surface area contributed by atoms with Gasteiger partial charge >= 0.3 is 0 Å². The molecule has 1 heterocycles. The van der Waals surface area contributed by atoms with Crippen LogP contribution in [0.1, 0.15) is 0 Å². The molecule has 0 radical (unpaired) electrons. The van der Waals surface area contributed by atoms with Crippen molar-refractivity contribution in [3.05, 3.63) is 35.4 Å². The third-order valence-corrected chi connectivity index (χ3v) is 6.15. The lowest BCUT2D eigenvalue weighted by atomic mass is 10.4. The van der Waals surface area contributed by atoms with Crippen LogP contribution in [0.4, 0.5) is 0 Å². The van der Waals surface area contributed by atoms with Gasteiger partial charge in [-0.2, -0.15) is 0 Å². The number of primary sulfonamides is 1. The molecule has 1 aromatic heterocycles. The van der Waals surface area contributed by atoms with Crippen molar-refractivity contribution in [2.45, 2.75) is 13.3 Å². The molecular weight excluding hydrogens is 326 g/mol. The van der Waals surface area contributed by atoms with Gasteiger partial charge in [-0.15, -0.1) is 11.3 Å². The lowest BCUT2D eigenvalue weighted by molar-refractivity contribution is 0.407. The highest BCUT2D eigenvalue weighted by Crippen LogP contribution is 2.42. The van der Waals surface area contributed by atoms with Crippen LogP contribution < -0.4 is 9.88 Å². The first-order chi connectivity index (χ1) is 8.90. The van der Waals surface area contributed by atoms with E-state index in [0.717, 1.165) is 20.4 Å². The summed E-state index contributed by atoms with van der Waals surface area (Å²) in [5.74, 6) is 0.494. The summed E-state index contributed by atoms with van der Waals surface area (Å²) in [6, 6.07) is 8.67. The number of thiophene rings is 1. The van der Waals surface area contributed by atoms with Crippen LogP contribution in [-0.2, 0) is 10.0 Å². The second kappa shape index (κ2) is 5.72. The van der Waals surface area contributed by atoms with Gasteiger partial charge in [0.2, 0.25) is 10.0 Å². The molecule has 0 saturated carbocycles. The fourth-order valence-electron chi connectivity index (χ4n) is 1.30. The third-order valence-electron chi connectivity index (χ3n) is 2.17. The monoisotopic (exact) mass is 335 g/mol. The normalized spacial score (nSPS) is 11.5. The first kappa shape index (κ1) is 14.7. The van der Waals surface area contributed by atoms with Crippen molar-refractivity contribution >= 4 is 44.7 Å². The molecule has 2 rings (SSSR count). The van der Waals surface area contributed by atoms with Crippen LogP contribution in [0, 0.1) is 0 Å². The highest BCUT2D eigenvalue weighted by atomic mass is 35.5. The van der Waals surface area contributed by atoms with Gasteiger partial charge in [0, 0.05) is 16.0 Å². The molecule has 0 amide bonds. The molecule has 0 aliphatic carbocycles. The number of methoxy groups -OCH3 is 1. The topological polar surface area (TPSA) is 69.4 Å². The van der Waals surface area contributed by atoms with Crippen molar-refractivity contribution in [2.24, 2.45) is 5.14 Å². The van der Waals surface area contributed by atoms with E-state index in [2.05, 4.69) is 0 Å². The van der Waals surface area contributed by atoms with Gasteiger partial charge in [0.1, 0.15) is 14.2 Å². The number of hydrogen-bond acceptors (Lipinski definition) is 5. The summed E-state index contributed by atoms with van der Waals surface area (Å²) in [6.07, 6.45) is 0. The number of hydrogen-bond donors (Lipinski definition) is 1. The van der Waals surface area contributed by atoms with Gasteiger partial charge < -0.3 is 4.74 Å². The Labute approximate surface area is 124 Å². The van der Waals surface area contributed by atoms with Gasteiger partial charge in [-0.3, -0.25) is 0 Å². The van der Waals surface area contributed by atoms with Crippen molar-refractivity contribution in [3.8, 4) is 5.75 Å². The summed E-state index contributed by atoms with van der Waals surface area (Å²) in [5, 5.41) is 5.75. The van der Waals surface area contributed by atoms with Crippen molar-refractivity contribution < 1.29 is 13.2 Å². The molecule has 0 atom stereocenters. The Kier molecular flexibility index (Phi) is 4.42. The first-order valence-electron chi connectivity index (χ1n) is 5.04. The number of benzene rings is 1. The van der Waals surface area contributed by atoms with Crippen LogP contribution >= 0.6 is 34.7 Å². The van der Waals surface area contributed by atoms with Crippen LogP contribution in [0.5, 0.6) is 5.75 Å². The molecule has 0 spiro atoms. The molecule has 0 aliphatic rings. The van der Waals surface area contributed by atoms with Crippen LogP contribution in [0.2, 0.25) is 5.02 Å². The summed E-state index contributed by atoms with van der Waals surface area (Å²) in [4.78, 5) is 0.936. The van der Waals surface area contributed by atoms with E-state index < -0.39 is 10.0 Å². The number of ether oxygens (including phenoxy) is 1. The van der Waals surface area contributed by atoms with Crippen LogP contribution in [0.25, 0.3) is 0 Å². The Hall–Kier alpha value is -0.730. The van der Waals surface area contributed by atoms with Gasteiger partial charge in [0.05, 0.1) is 7.11 Å². The number of rotatable bonds is 4. The zero-order chi connectivity index (χ0) is 14.0. The SMILES string of the molecule is COc1cc(S(N)(=O)=O)sc1Sc1ccc(Cl)cc1. The minimum absolute atomic E-state index is 0.0841. The molecule has 1 aromatic carbocycles. The lowest BCUT2D eigenvalue weighted by Gasteiger charge is -2.01. The minimum Gasteiger partial charge on any atom is -0.495 e. The van der Waals surface area contributed by atoms with E-state index in [9.17, 15) is 8.42 Å². The van der Waals surface area contributed by atoms with Gasteiger partial charge in [-0.1, -0.05) is 23.4 Å². The van der Waals surface area contributed by atoms with E-state index in [4.69, 9.17) is 21.5 Å². The van der Waals surface area contributed by atoms with Crippen molar-refractivity contribution in [2.75, 3.05) is 7.11 Å². The predicted octanol–water partition coefficient (Wildman–Crippen LogP) is 3.21. The fourth-order valence-corrected chi connectivity index (χ4v) is 4.62. The highest BCUT2D eigenvalue weighted by molar-refractivity contribution is 8.01. The zero-order valence-corrected chi connectivity index (χ0v) is 13.0. The van der Waals surface area contributed by atoms with Crippen LogP contribution in [0.15, 0.2) is 43.6 Å². The standard InChI is InChI=1S/C11H10ClNO3S3/c1-16-9-6-10(19(13,14)15)18-11(9)17-8-4-2-7(12)3-5-8/h2-6H,1H3,(H2,13,14,15). The smallest absolute Gasteiger partial charge is 0.247 e. The van der Waals surface area contributed by atoms with Gasteiger partial charge in [-0.05, 0) is 24.3 Å². The molecule has 2 aromatic rings. The Morgan fingerprint density at radius 2 is 1.95 bits per heavy atom. The Morgan fingerprint density at radius 3 is 2.47 bits per heavy atom. The second-order valence-corrected chi connectivity index (χ2v) is 8.14. The molecule has 0 aliphatic heterocycles. The predicted molar refractivity (Wildman–Crippen MR) is 77.8 cm³/mol. The van der Waals surface area contributed by atoms with Crippen LogP contribution in [-0.4, -0.2) is 15.5 Å². The van der Waals surface area contributed by atoms with Gasteiger partial charge in [0.15, 0.2) is 0 Å². The summed E-state index contributed by atoms with van der Waals surface area (Å²) in [6.45, 7) is 0. The van der Waals surface area contributed by atoms with E-state index in [1.165, 1.54) is 24.9 Å². The zero-order valence-electron chi connectivity index (χ0n) is 9.79. The Morgan fingerprint density at radius 1 is 1.32 bits per heavy atom. The fraction of sp³-hybridized carbons (Fsp3) is 0.0909. The second-order valence-electron chi connectivity index (χ2n) is 3.52. The number of halogens is 1. The molecule has 102 valence electrons. The summed E-state index contributed by atoms with van der Waals surface area (Å²) in [7, 11) is -2.22. The molecule has 0 fully saturated rings. The van der Waals surface area contributed by atoms with Crippen molar-refractivity contribution in [1.29, 1.82) is 0 Å². The Balaban J connectivity index is 2.34. The molecule has 2 N–H and O–H groups in total. The molecule has 8 heteroatoms. The minimum atomic E-state index is -3.71. The molecule has 19 heavy (non-hydrogen) atoms. The lowest BCUT2D eigenvalue weighted by Crippen LogP contribution is -2.09. The van der Waals surface area contributed by atoms with Crippen molar-refractivity contribution in [1.82, 2.24) is 0 Å². The van der Waals surface area contributed by atoms with E-state index in [-0.39, 0.29) is 4.21 Å². The largest absolute Gasteiger partial charge is 0.495 e. The van der Waals surface area contributed by atoms with Crippen LogP contribution in [0.3, 0.4) is 0 Å². The molecule has 0 unspecified atom stereocenters. The Bertz CT molecular complexity index is 680. The highest BCUT2D eigenvalue weighted by Gasteiger charge is 2.18. The summed E-state index contributed by atoms with van der Waals surface area (Å²) in [5.41, 5.74) is 0. The maximum atomic E-state index is 11.3. The molecule has 0 bridgehead atoms. The van der Waals surface area contributed by atoms with E-state index in [1.807, 2.05) is 12.1 Å². The number of sulfonamides is 1. The number of nitrogens with two attached hydrogens (primary N) is 1. The van der Waals surface area contributed by atoms with E-state index in [0.29, 0.717) is 10.8 Å².